The van der Waals surface area contributed by atoms with Crippen LogP contribution in [0.15, 0.2) is 24.3 Å². The molecule has 0 atom stereocenters. The summed E-state index contributed by atoms with van der Waals surface area (Å²) in [7, 11) is 3.16. The van der Waals surface area contributed by atoms with Gasteiger partial charge in [-0.3, -0.25) is 4.79 Å². The third-order valence-corrected chi connectivity index (χ3v) is 3.22. The Morgan fingerprint density at radius 2 is 1.72 bits per heavy atom. The molecule has 7 heteroatoms. The van der Waals surface area contributed by atoms with Crippen molar-refractivity contribution >= 4 is 17.4 Å². The number of amides is 1. The number of ether oxygens (including phenoxy) is 2. The number of nitrogens with zero attached hydrogens (tertiary/aromatic N) is 2. The van der Waals surface area contributed by atoms with Crippen LogP contribution >= 0.6 is 0 Å². The lowest BCUT2D eigenvalue weighted by molar-refractivity contribution is 0.0914. The van der Waals surface area contributed by atoms with Crippen molar-refractivity contribution in [3.8, 4) is 11.5 Å². The van der Waals surface area contributed by atoms with E-state index in [9.17, 15) is 4.79 Å². The molecule has 2 N–H and O–H groups in total. The maximum absolute atomic E-state index is 12.3. The zero-order valence-corrected chi connectivity index (χ0v) is 15.4. The molecule has 7 nitrogen and oxygen atoms in total. The Hall–Kier alpha value is -2.83. The van der Waals surface area contributed by atoms with Gasteiger partial charge >= 0.3 is 0 Å². The van der Waals surface area contributed by atoms with Crippen molar-refractivity contribution in [2.45, 2.75) is 33.2 Å². The van der Waals surface area contributed by atoms with Gasteiger partial charge in [0.15, 0.2) is 11.5 Å². The van der Waals surface area contributed by atoms with Gasteiger partial charge in [-0.15, -0.1) is 0 Å². The fourth-order valence-corrected chi connectivity index (χ4v) is 2.21. The summed E-state index contributed by atoms with van der Waals surface area (Å²) >= 11 is 0. The van der Waals surface area contributed by atoms with Gasteiger partial charge < -0.3 is 20.1 Å². The molecule has 0 saturated heterocycles. The SMILES string of the molecule is COc1ccc(Nc2cc(C(=O)NC(C)(C)C)nc(C)n2)cc1OC. The number of methoxy groups -OCH3 is 2. The lowest BCUT2D eigenvalue weighted by Gasteiger charge is -2.20. The van der Waals surface area contributed by atoms with Crippen LogP contribution in [0.1, 0.15) is 37.1 Å². The number of hydrogen-bond donors (Lipinski definition) is 2. The van der Waals surface area contributed by atoms with Crippen molar-refractivity contribution in [1.29, 1.82) is 0 Å². The van der Waals surface area contributed by atoms with Crippen LogP contribution in [0.3, 0.4) is 0 Å². The van der Waals surface area contributed by atoms with Crippen LogP contribution < -0.4 is 20.1 Å². The quantitative estimate of drug-likeness (QED) is 0.867. The molecule has 2 aromatic rings. The molecule has 0 unspecified atom stereocenters. The van der Waals surface area contributed by atoms with Crippen molar-refractivity contribution in [3.05, 3.63) is 35.8 Å². The van der Waals surface area contributed by atoms with Gasteiger partial charge in [-0.05, 0) is 39.8 Å². The molecule has 1 aromatic heterocycles. The number of aromatic nitrogens is 2. The Balaban J connectivity index is 2.27. The largest absolute Gasteiger partial charge is 0.493 e. The number of anilines is 2. The minimum absolute atomic E-state index is 0.242. The van der Waals surface area contributed by atoms with Crippen molar-refractivity contribution < 1.29 is 14.3 Å². The van der Waals surface area contributed by atoms with Crippen LogP contribution in [-0.4, -0.2) is 35.6 Å². The van der Waals surface area contributed by atoms with Gasteiger partial charge in [-0.2, -0.15) is 0 Å². The highest BCUT2D eigenvalue weighted by molar-refractivity contribution is 5.93. The van der Waals surface area contributed by atoms with Crippen LogP contribution in [0.2, 0.25) is 0 Å². The molecule has 1 heterocycles. The van der Waals surface area contributed by atoms with Crippen molar-refractivity contribution in [2.75, 3.05) is 19.5 Å². The monoisotopic (exact) mass is 344 g/mol. The van der Waals surface area contributed by atoms with E-state index in [-0.39, 0.29) is 11.4 Å². The highest BCUT2D eigenvalue weighted by Gasteiger charge is 2.17. The molecule has 0 aliphatic carbocycles. The zero-order chi connectivity index (χ0) is 18.6. The first-order chi connectivity index (χ1) is 11.7. The summed E-state index contributed by atoms with van der Waals surface area (Å²) in [6.45, 7) is 7.50. The molecule has 0 saturated carbocycles. The molecule has 0 radical (unpaired) electrons. The van der Waals surface area contributed by atoms with Gasteiger partial charge in [-0.1, -0.05) is 0 Å². The highest BCUT2D eigenvalue weighted by atomic mass is 16.5. The topological polar surface area (TPSA) is 85.4 Å². The third-order valence-electron chi connectivity index (χ3n) is 3.22. The summed E-state index contributed by atoms with van der Waals surface area (Å²) in [4.78, 5) is 20.9. The average Bonchev–Trinajstić information content (AvgIpc) is 2.52. The maximum Gasteiger partial charge on any atom is 0.270 e. The standard InChI is InChI=1S/C18H24N4O3/c1-11-19-13(17(23)22-18(2,3)4)10-16(20-11)21-12-7-8-14(24-5)15(9-12)25-6/h7-10H,1-6H3,(H,22,23)(H,19,20,21). The molecule has 0 bridgehead atoms. The molecule has 2 rings (SSSR count). The second-order valence-electron chi connectivity index (χ2n) is 6.58. The summed E-state index contributed by atoms with van der Waals surface area (Å²) in [5.41, 5.74) is 0.732. The molecule has 1 amide bonds. The van der Waals surface area contributed by atoms with Crippen LogP contribution in [0.5, 0.6) is 11.5 Å². The fraction of sp³-hybridized carbons (Fsp3) is 0.389. The van der Waals surface area contributed by atoms with Gasteiger partial charge in [-0.25, -0.2) is 9.97 Å². The number of aryl methyl sites for hydroxylation is 1. The molecular weight excluding hydrogens is 320 g/mol. The summed E-state index contributed by atoms with van der Waals surface area (Å²) in [5.74, 6) is 2.03. The van der Waals surface area contributed by atoms with Crippen molar-refractivity contribution in [2.24, 2.45) is 0 Å². The van der Waals surface area contributed by atoms with E-state index in [1.807, 2.05) is 26.8 Å². The highest BCUT2D eigenvalue weighted by Crippen LogP contribution is 2.30. The number of hydrogen-bond acceptors (Lipinski definition) is 6. The minimum atomic E-state index is -0.340. The maximum atomic E-state index is 12.3. The first-order valence-electron chi connectivity index (χ1n) is 7.89. The van der Waals surface area contributed by atoms with E-state index in [2.05, 4.69) is 20.6 Å². The molecule has 0 aliphatic heterocycles. The third kappa shape index (κ3) is 5.07. The Labute approximate surface area is 147 Å². The first-order valence-corrected chi connectivity index (χ1v) is 7.89. The number of carbonyl (C=O) groups is 1. The predicted octanol–water partition coefficient (Wildman–Crippen LogP) is 3.07. The van der Waals surface area contributed by atoms with E-state index in [0.29, 0.717) is 28.8 Å². The van der Waals surface area contributed by atoms with E-state index in [4.69, 9.17) is 9.47 Å². The van der Waals surface area contributed by atoms with Gasteiger partial charge in [0.2, 0.25) is 0 Å². The molecule has 0 fully saturated rings. The van der Waals surface area contributed by atoms with Gasteiger partial charge in [0, 0.05) is 23.4 Å². The predicted molar refractivity (Wildman–Crippen MR) is 96.8 cm³/mol. The molecule has 0 aliphatic rings. The summed E-state index contributed by atoms with van der Waals surface area (Å²) in [6.07, 6.45) is 0. The summed E-state index contributed by atoms with van der Waals surface area (Å²) in [5, 5.41) is 6.06. The second kappa shape index (κ2) is 7.38. The Kier molecular flexibility index (Phi) is 5.46. The molecule has 25 heavy (non-hydrogen) atoms. The number of carbonyl (C=O) groups excluding carboxylic acids is 1. The van der Waals surface area contributed by atoms with E-state index < -0.39 is 0 Å². The lowest BCUT2D eigenvalue weighted by Crippen LogP contribution is -2.41. The van der Waals surface area contributed by atoms with Crippen molar-refractivity contribution in [1.82, 2.24) is 15.3 Å². The van der Waals surface area contributed by atoms with E-state index in [1.165, 1.54) is 0 Å². The van der Waals surface area contributed by atoms with Crippen LogP contribution in [0.4, 0.5) is 11.5 Å². The van der Waals surface area contributed by atoms with Gasteiger partial charge in [0.1, 0.15) is 17.3 Å². The molecular formula is C18H24N4O3. The van der Waals surface area contributed by atoms with Gasteiger partial charge in [0.25, 0.3) is 5.91 Å². The first kappa shape index (κ1) is 18.5. The molecule has 0 spiro atoms. The number of benzene rings is 1. The van der Waals surface area contributed by atoms with Crippen LogP contribution in [0, 0.1) is 6.92 Å². The van der Waals surface area contributed by atoms with Crippen LogP contribution in [0.25, 0.3) is 0 Å². The number of rotatable bonds is 5. The van der Waals surface area contributed by atoms with E-state index in [0.717, 1.165) is 5.69 Å². The molecule has 1 aromatic carbocycles. The van der Waals surface area contributed by atoms with Crippen LogP contribution in [-0.2, 0) is 0 Å². The second-order valence-corrected chi connectivity index (χ2v) is 6.58. The minimum Gasteiger partial charge on any atom is -0.493 e. The zero-order valence-electron chi connectivity index (χ0n) is 15.4. The lowest BCUT2D eigenvalue weighted by atomic mass is 10.1. The summed E-state index contributed by atoms with van der Waals surface area (Å²) in [6, 6.07) is 7.05. The number of nitrogens with one attached hydrogen (secondary N) is 2. The Morgan fingerprint density at radius 3 is 2.32 bits per heavy atom. The van der Waals surface area contributed by atoms with Crippen molar-refractivity contribution in [3.63, 3.8) is 0 Å². The van der Waals surface area contributed by atoms with E-state index in [1.54, 1.807) is 39.3 Å². The fourth-order valence-electron chi connectivity index (χ4n) is 2.21. The Bertz CT molecular complexity index is 769. The Morgan fingerprint density at radius 1 is 1.04 bits per heavy atom. The van der Waals surface area contributed by atoms with Gasteiger partial charge in [0.05, 0.1) is 14.2 Å². The molecule has 134 valence electrons. The average molecular weight is 344 g/mol. The van der Waals surface area contributed by atoms with E-state index >= 15 is 0 Å². The normalized spacial score (nSPS) is 11.0. The smallest absolute Gasteiger partial charge is 0.270 e. The summed E-state index contributed by atoms with van der Waals surface area (Å²) < 4.78 is 10.5.